The van der Waals surface area contributed by atoms with Crippen molar-refractivity contribution in [2.24, 2.45) is 5.92 Å². The van der Waals surface area contributed by atoms with E-state index in [1.165, 1.54) is 0 Å². The fourth-order valence-electron chi connectivity index (χ4n) is 1.36. The smallest absolute Gasteiger partial charge is 0.307 e. The first-order valence-corrected chi connectivity index (χ1v) is 5.06. The number of rotatable bonds is 5. The molecule has 0 heterocycles. The molecule has 0 aliphatic carbocycles. The van der Waals surface area contributed by atoms with Crippen molar-refractivity contribution in [1.29, 1.82) is 0 Å². The van der Waals surface area contributed by atoms with E-state index in [2.05, 4.69) is 0 Å². The standard InChI is InChI=1S/C11H11ClO4/c12-9-3-1-7(2-4-9)5-8(11(15)16)6-10(13)14/h1-4,8H,5-6H2,(H,13,14)(H,15,16)/t8-/m0/s1. The summed E-state index contributed by atoms with van der Waals surface area (Å²) >= 11 is 5.68. The lowest BCUT2D eigenvalue weighted by Crippen LogP contribution is -2.20. The highest BCUT2D eigenvalue weighted by Gasteiger charge is 2.21. The first kappa shape index (κ1) is 12.5. The number of halogens is 1. The summed E-state index contributed by atoms with van der Waals surface area (Å²) in [7, 11) is 0. The van der Waals surface area contributed by atoms with E-state index < -0.39 is 17.9 Å². The average Bonchev–Trinajstić information content (AvgIpc) is 2.19. The summed E-state index contributed by atoms with van der Waals surface area (Å²) in [6.45, 7) is 0. The van der Waals surface area contributed by atoms with Crippen molar-refractivity contribution < 1.29 is 19.8 Å². The van der Waals surface area contributed by atoms with E-state index >= 15 is 0 Å². The largest absolute Gasteiger partial charge is 0.481 e. The normalized spacial score (nSPS) is 12.1. The summed E-state index contributed by atoms with van der Waals surface area (Å²) in [5.41, 5.74) is 0.762. The highest BCUT2D eigenvalue weighted by atomic mass is 35.5. The molecule has 1 rings (SSSR count). The van der Waals surface area contributed by atoms with Gasteiger partial charge in [-0.05, 0) is 24.1 Å². The molecule has 2 N–H and O–H groups in total. The van der Waals surface area contributed by atoms with Crippen LogP contribution in [-0.4, -0.2) is 22.2 Å². The number of benzene rings is 1. The maximum atomic E-state index is 10.8. The van der Waals surface area contributed by atoms with Crippen LogP contribution in [0.3, 0.4) is 0 Å². The second kappa shape index (κ2) is 5.51. The van der Waals surface area contributed by atoms with Gasteiger partial charge in [0.2, 0.25) is 0 Å². The maximum absolute atomic E-state index is 10.8. The number of carboxylic acid groups (broad SMARTS) is 2. The Kier molecular flexibility index (Phi) is 4.31. The van der Waals surface area contributed by atoms with Crippen LogP contribution in [0.25, 0.3) is 0 Å². The van der Waals surface area contributed by atoms with Crippen LogP contribution in [0.1, 0.15) is 12.0 Å². The van der Waals surface area contributed by atoms with Gasteiger partial charge in [0.15, 0.2) is 0 Å². The van der Waals surface area contributed by atoms with Crippen LogP contribution in [0.5, 0.6) is 0 Å². The molecule has 16 heavy (non-hydrogen) atoms. The summed E-state index contributed by atoms with van der Waals surface area (Å²) in [4.78, 5) is 21.3. The number of aliphatic carboxylic acids is 2. The molecule has 1 aromatic carbocycles. The summed E-state index contributed by atoms with van der Waals surface area (Å²) in [5.74, 6) is -3.11. The SMILES string of the molecule is O=C(O)C[C@H](Cc1ccc(Cl)cc1)C(=O)O. The van der Waals surface area contributed by atoms with Gasteiger partial charge in [-0.2, -0.15) is 0 Å². The third kappa shape index (κ3) is 3.90. The lowest BCUT2D eigenvalue weighted by molar-refractivity contribution is -0.148. The van der Waals surface area contributed by atoms with Crippen molar-refractivity contribution in [2.75, 3.05) is 0 Å². The number of carbonyl (C=O) groups is 2. The molecule has 0 radical (unpaired) electrons. The van der Waals surface area contributed by atoms with Gasteiger partial charge in [0.05, 0.1) is 12.3 Å². The quantitative estimate of drug-likeness (QED) is 0.829. The molecule has 5 heteroatoms. The second-order valence-corrected chi connectivity index (χ2v) is 3.90. The fourth-order valence-corrected chi connectivity index (χ4v) is 1.49. The van der Waals surface area contributed by atoms with Crippen LogP contribution in [0.15, 0.2) is 24.3 Å². The molecule has 0 saturated heterocycles. The van der Waals surface area contributed by atoms with Gasteiger partial charge in [0.25, 0.3) is 0 Å². The van der Waals surface area contributed by atoms with Crippen LogP contribution < -0.4 is 0 Å². The Morgan fingerprint density at radius 3 is 2.19 bits per heavy atom. The summed E-state index contributed by atoms with van der Waals surface area (Å²) in [6.07, 6.45) is -0.184. The predicted molar refractivity (Wildman–Crippen MR) is 58.5 cm³/mol. The minimum Gasteiger partial charge on any atom is -0.481 e. The van der Waals surface area contributed by atoms with Crippen molar-refractivity contribution in [2.45, 2.75) is 12.8 Å². The lowest BCUT2D eigenvalue weighted by Gasteiger charge is -2.09. The lowest BCUT2D eigenvalue weighted by atomic mass is 9.96. The maximum Gasteiger partial charge on any atom is 0.307 e. The van der Waals surface area contributed by atoms with Gasteiger partial charge in [-0.15, -0.1) is 0 Å². The molecule has 0 amide bonds. The predicted octanol–water partition coefficient (Wildman–Crippen LogP) is 2.06. The van der Waals surface area contributed by atoms with Crippen molar-refractivity contribution in [3.05, 3.63) is 34.9 Å². The van der Waals surface area contributed by atoms with Crippen molar-refractivity contribution in [1.82, 2.24) is 0 Å². The number of carboxylic acids is 2. The van der Waals surface area contributed by atoms with E-state index in [1.807, 2.05) is 0 Å². The fraction of sp³-hybridized carbons (Fsp3) is 0.273. The summed E-state index contributed by atoms with van der Waals surface area (Å²) in [6, 6.07) is 6.69. The Morgan fingerprint density at radius 2 is 1.75 bits per heavy atom. The molecule has 1 atom stereocenters. The van der Waals surface area contributed by atoms with Gasteiger partial charge >= 0.3 is 11.9 Å². The Labute approximate surface area is 97.5 Å². The molecular formula is C11H11ClO4. The third-order valence-corrected chi connectivity index (χ3v) is 2.42. The van der Waals surface area contributed by atoms with Gasteiger partial charge in [0.1, 0.15) is 0 Å². The molecule has 0 unspecified atom stereocenters. The van der Waals surface area contributed by atoms with Gasteiger partial charge < -0.3 is 10.2 Å². The Bertz CT molecular complexity index is 385. The molecule has 4 nitrogen and oxygen atoms in total. The number of hydrogen-bond acceptors (Lipinski definition) is 2. The highest BCUT2D eigenvalue weighted by molar-refractivity contribution is 6.30. The van der Waals surface area contributed by atoms with Crippen molar-refractivity contribution >= 4 is 23.5 Å². The van der Waals surface area contributed by atoms with E-state index in [9.17, 15) is 9.59 Å². The topological polar surface area (TPSA) is 74.6 Å². The van der Waals surface area contributed by atoms with Crippen LogP contribution in [0.4, 0.5) is 0 Å². The first-order valence-electron chi connectivity index (χ1n) is 4.68. The van der Waals surface area contributed by atoms with Gasteiger partial charge in [-0.3, -0.25) is 9.59 Å². The number of hydrogen-bond donors (Lipinski definition) is 2. The van der Waals surface area contributed by atoms with E-state index in [0.717, 1.165) is 5.56 Å². The molecule has 1 aromatic rings. The molecule has 86 valence electrons. The Hall–Kier alpha value is -1.55. The zero-order valence-corrected chi connectivity index (χ0v) is 9.15. The van der Waals surface area contributed by atoms with Crippen LogP contribution in [0, 0.1) is 5.92 Å². The zero-order valence-electron chi connectivity index (χ0n) is 8.39. The van der Waals surface area contributed by atoms with E-state index in [1.54, 1.807) is 24.3 Å². The first-order chi connectivity index (χ1) is 7.49. The second-order valence-electron chi connectivity index (χ2n) is 3.46. The van der Waals surface area contributed by atoms with Gasteiger partial charge in [-0.1, -0.05) is 23.7 Å². The van der Waals surface area contributed by atoms with E-state index in [-0.39, 0.29) is 12.8 Å². The molecular weight excluding hydrogens is 232 g/mol. The van der Waals surface area contributed by atoms with Crippen LogP contribution in [0.2, 0.25) is 5.02 Å². The van der Waals surface area contributed by atoms with Crippen LogP contribution >= 0.6 is 11.6 Å². The van der Waals surface area contributed by atoms with Crippen molar-refractivity contribution in [3.8, 4) is 0 Å². The highest BCUT2D eigenvalue weighted by Crippen LogP contribution is 2.15. The molecule has 0 aliphatic rings. The third-order valence-electron chi connectivity index (χ3n) is 2.17. The summed E-state index contributed by atoms with van der Waals surface area (Å²) in [5, 5.41) is 18.0. The summed E-state index contributed by atoms with van der Waals surface area (Å²) < 4.78 is 0. The Balaban J connectivity index is 2.71. The molecule has 0 aliphatic heterocycles. The zero-order chi connectivity index (χ0) is 12.1. The van der Waals surface area contributed by atoms with E-state index in [4.69, 9.17) is 21.8 Å². The average molecular weight is 243 g/mol. The molecule has 0 aromatic heterocycles. The van der Waals surface area contributed by atoms with E-state index in [0.29, 0.717) is 5.02 Å². The minimum absolute atomic E-state index is 0.193. The Morgan fingerprint density at radius 1 is 1.19 bits per heavy atom. The monoisotopic (exact) mass is 242 g/mol. The minimum atomic E-state index is -1.11. The van der Waals surface area contributed by atoms with Crippen molar-refractivity contribution in [3.63, 3.8) is 0 Å². The molecule has 0 fully saturated rings. The molecule has 0 spiro atoms. The van der Waals surface area contributed by atoms with Gasteiger partial charge in [-0.25, -0.2) is 0 Å². The molecule has 0 saturated carbocycles. The molecule has 0 bridgehead atoms. The van der Waals surface area contributed by atoms with Gasteiger partial charge in [0, 0.05) is 5.02 Å². The van der Waals surface area contributed by atoms with Crippen LogP contribution in [-0.2, 0) is 16.0 Å².